The van der Waals surface area contributed by atoms with Crippen molar-refractivity contribution >= 4 is 22.9 Å². The summed E-state index contributed by atoms with van der Waals surface area (Å²) < 4.78 is 5.66. The zero-order valence-corrected chi connectivity index (χ0v) is 7.02. The molecule has 2 rings (SSSR count). The Balaban J connectivity index is 2.45. The van der Waals surface area contributed by atoms with Gasteiger partial charge in [0, 0.05) is 5.38 Å². The molecule has 0 amide bonds. The zero-order valence-electron chi connectivity index (χ0n) is 5.45. The highest BCUT2D eigenvalue weighted by Gasteiger charge is 2.03. The molecule has 11 heavy (non-hydrogen) atoms. The molecule has 2 nitrogen and oxygen atoms in total. The third-order valence-corrected chi connectivity index (χ3v) is 2.23. The Morgan fingerprint density at radius 3 is 3.00 bits per heavy atom. The Bertz CT molecular complexity index is 341. The Labute approximate surface area is 72.4 Å². The van der Waals surface area contributed by atoms with Crippen LogP contribution in [0, 0.1) is 0 Å². The lowest BCUT2D eigenvalue weighted by atomic mass is 10.4. The zero-order chi connectivity index (χ0) is 7.68. The molecule has 2 aromatic rings. The molecule has 0 aromatic carbocycles. The molecule has 56 valence electrons. The predicted octanol–water partition coefficient (Wildman–Crippen LogP) is 3.06. The molecular weight excluding hydrogens is 182 g/mol. The van der Waals surface area contributed by atoms with Crippen LogP contribution in [-0.2, 0) is 0 Å². The summed E-state index contributed by atoms with van der Waals surface area (Å²) in [7, 11) is 0. The number of thiazole rings is 1. The molecule has 0 saturated heterocycles. The summed E-state index contributed by atoms with van der Waals surface area (Å²) in [6.45, 7) is 0. The van der Waals surface area contributed by atoms with E-state index in [4.69, 9.17) is 16.0 Å². The van der Waals surface area contributed by atoms with E-state index < -0.39 is 0 Å². The third kappa shape index (κ3) is 1.29. The van der Waals surface area contributed by atoms with Crippen LogP contribution in [0.3, 0.4) is 0 Å². The SMILES string of the molecule is Clc1nc(-c2ccco2)cs1. The molecule has 0 unspecified atom stereocenters. The minimum atomic E-state index is 0.538. The summed E-state index contributed by atoms with van der Waals surface area (Å²) in [5.41, 5.74) is 0.796. The molecular formula is C7H4ClNOS. The maximum absolute atomic E-state index is 5.64. The molecule has 0 aliphatic rings. The van der Waals surface area contributed by atoms with E-state index in [1.807, 2.05) is 17.5 Å². The Kier molecular flexibility index (Phi) is 1.68. The molecule has 0 N–H and O–H groups in total. The molecule has 0 aliphatic carbocycles. The molecule has 0 aliphatic heterocycles. The highest BCUT2D eigenvalue weighted by atomic mass is 35.5. The number of aromatic nitrogens is 1. The lowest BCUT2D eigenvalue weighted by Crippen LogP contribution is -1.69. The first-order chi connectivity index (χ1) is 5.36. The van der Waals surface area contributed by atoms with Crippen molar-refractivity contribution in [3.63, 3.8) is 0 Å². The van der Waals surface area contributed by atoms with Gasteiger partial charge in [0.05, 0.1) is 6.26 Å². The van der Waals surface area contributed by atoms with E-state index in [0.29, 0.717) is 4.47 Å². The van der Waals surface area contributed by atoms with Gasteiger partial charge in [-0.05, 0) is 12.1 Å². The lowest BCUT2D eigenvalue weighted by molar-refractivity contribution is 0.580. The van der Waals surface area contributed by atoms with Crippen molar-refractivity contribution in [3.8, 4) is 11.5 Å². The fourth-order valence-corrected chi connectivity index (χ4v) is 1.54. The van der Waals surface area contributed by atoms with E-state index in [2.05, 4.69) is 4.98 Å². The smallest absolute Gasteiger partial charge is 0.184 e. The van der Waals surface area contributed by atoms with Gasteiger partial charge >= 0.3 is 0 Å². The van der Waals surface area contributed by atoms with E-state index in [1.165, 1.54) is 11.3 Å². The van der Waals surface area contributed by atoms with E-state index in [9.17, 15) is 0 Å². The summed E-state index contributed by atoms with van der Waals surface area (Å²) in [6, 6.07) is 3.67. The van der Waals surface area contributed by atoms with E-state index >= 15 is 0 Å². The molecule has 2 heterocycles. The van der Waals surface area contributed by atoms with Crippen molar-refractivity contribution in [2.24, 2.45) is 0 Å². The van der Waals surface area contributed by atoms with E-state index in [-0.39, 0.29) is 0 Å². The lowest BCUT2D eigenvalue weighted by Gasteiger charge is -1.84. The van der Waals surface area contributed by atoms with Crippen LogP contribution in [0.25, 0.3) is 11.5 Å². The quantitative estimate of drug-likeness (QED) is 0.683. The summed E-state index contributed by atoms with van der Waals surface area (Å²) >= 11 is 7.04. The van der Waals surface area contributed by atoms with Crippen molar-refractivity contribution in [2.45, 2.75) is 0 Å². The van der Waals surface area contributed by atoms with Gasteiger partial charge in [0.1, 0.15) is 5.69 Å². The van der Waals surface area contributed by atoms with Crippen LogP contribution >= 0.6 is 22.9 Å². The van der Waals surface area contributed by atoms with Gasteiger partial charge in [-0.25, -0.2) is 4.98 Å². The van der Waals surface area contributed by atoms with Gasteiger partial charge in [0.25, 0.3) is 0 Å². The van der Waals surface area contributed by atoms with Crippen molar-refractivity contribution in [2.75, 3.05) is 0 Å². The predicted molar refractivity (Wildman–Crippen MR) is 44.8 cm³/mol. The fourth-order valence-electron chi connectivity index (χ4n) is 0.789. The van der Waals surface area contributed by atoms with Crippen LogP contribution in [0.15, 0.2) is 28.2 Å². The topological polar surface area (TPSA) is 26.0 Å². The number of hydrogen-bond acceptors (Lipinski definition) is 3. The number of rotatable bonds is 1. The molecule has 4 heteroatoms. The van der Waals surface area contributed by atoms with Crippen molar-refractivity contribution < 1.29 is 4.42 Å². The summed E-state index contributed by atoms with van der Waals surface area (Å²) in [4.78, 5) is 4.04. The van der Waals surface area contributed by atoms with Crippen LogP contribution in [0.2, 0.25) is 4.47 Å². The third-order valence-electron chi connectivity index (χ3n) is 1.25. The second-order valence-corrected chi connectivity index (χ2v) is 3.40. The Morgan fingerprint density at radius 1 is 1.55 bits per heavy atom. The first kappa shape index (κ1) is 6.88. The van der Waals surface area contributed by atoms with Gasteiger partial charge in [0.2, 0.25) is 0 Å². The largest absolute Gasteiger partial charge is 0.463 e. The van der Waals surface area contributed by atoms with Gasteiger partial charge in [-0.2, -0.15) is 0 Å². The van der Waals surface area contributed by atoms with Gasteiger partial charge < -0.3 is 4.42 Å². The normalized spacial score (nSPS) is 10.3. The van der Waals surface area contributed by atoms with Gasteiger partial charge in [-0.15, -0.1) is 11.3 Å². The standard InChI is InChI=1S/C7H4ClNOS/c8-7-9-5(4-11-7)6-2-1-3-10-6/h1-4H. The van der Waals surface area contributed by atoms with E-state index in [0.717, 1.165) is 11.5 Å². The Hall–Kier alpha value is -0.800. The second kappa shape index (κ2) is 2.68. The first-order valence-corrected chi connectivity index (χ1v) is 4.27. The van der Waals surface area contributed by atoms with Crippen molar-refractivity contribution in [3.05, 3.63) is 28.2 Å². The van der Waals surface area contributed by atoms with Gasteiger partial charge in [0.15, 0.2) is 10.2 Å². The highest BCUT2D eigenvalue weighted by Crippen LogP contribution is 2.24. The molecule has 0 fully saturated rings. The monoisotopic (exact) mass is 185 g/mol. The number of hydrogen-bond donors (Lipinski definition) is 0. The average Bonchev–Trinajstić information content (AvgIpc) is 2.55. The fraction of sp³-hybridized carbons (Fsp3) is 0. The Morgan fingerprint density at radius 2 is 2.45 bits per heavy atom. The highest BCUT2D eigenvalue weighted by molar-refractivity contribution is 7.14. The second-order valence-electron chi connectivity index (χ2n) is 1.96. The maximum atomic E-state index is 5.64. The molecule has 2 aromatic heterocycles. The molecule has 0 bridgehead atoms. The van der Waals surface area contributed by atoms with Crippen LogP contribution in [0.4, 0.5) is 0 Å². The minimum Gasteiger partial charge on any atom is -0.463 e. The summed E-state index contributed by atoms with van der Waals surface area (Å²) in [5.74, 6) is 0.758. The maximum Gasteiger partial charge on any atom is 0.184 e. The number of furan rings is 1. The summed E-state index contributed by atoms with van der Waals surface area (Å²) in [6.07, 6.45) is 1.61. The number of halogens is 1. The van der Waals surface area contributed by atoms with Gasteiger partial charge in [-0.3, -0.25) is 0 Å². The van der Waals surface area contributed by atoms with Crippen molar-refractivity contribution in [1.29, 1.82) is 0 Å². The molecule has 0 atom stereocenters. The number of nitrogens with zero attached hydrogens (tertiary/aromatic N) is 1. The summed E-state index contributed by atoms with van der Waals surface area (Å²) in [5, 5.41) is 1.86. The van der Waals surface area contributed by atoms with Crippen LogP contribution in [-0.4, -0.2) is 4.98 Å². The van der Waals surface area contributed by atoms with Crippen LogP contribution in [0.5, 0.6) is 0 Å². The van der Waals surface area contributed by atoms with Gasteiger partial charge in [-0.1, -0.05) is 11.6 Å². The molecule has 0 saturated carbocycles. The average molecular weight is 186 g/mol. The first-order valence-electron chi connectivity index (χ1n) is 3.01. The van der Waals surface area contributed by atoms with Crippen molar-refractivity contribution in [1.82, 2.24) is 4.98 Å². The molecule has 0 spiro atoms. The molecule has 0 radical (unpaired) electrons. The van der Waals surface area contributed by atoms with Crippen LogP contribution < -0.4 is 0 Å². The van der Waals surface area contributed by atoms with E-state index in [1.54, 1.807) is 6.26 Å². The minimum absolute atomic E-state index is 0.538. The van der Waals surface area contributed by atoms with Crippen LogP contribution in [0.1, 0.15) is 0 Å².